The molecule has 5 heterocycles. The summed E-state index contributed by atoms with van der Waals surface area (Å²) in [5.74, 6) is -0.155. The minimum atomic E-state index is -0.777. The second-order valence-electron chi connectivity index (χ2n) is 10.3. The van der Waals surface area contributed by atoms with Crippen molar-refractivity contribution >= 4 is 51.8 Å². The topological polar surface area (TPSA) is 103 Å². The first kappa shape index (κ1) is 28.1. The average molecular weight is 589 g/mol. The van der Waals surface area contributed by atoms with Gasteiger partial charge in [0, 0.05) is 67.2 Å². The van der Waals surface area contributed by atoms with Crippen LogP contribution in [0, 0.1) is 0 Å². The molecule has 3 aromatic rings. The molecule has 2 atom stereocenters. The molecule has 39 heavy (non-hydrogen) atoms. The molecule has 208 valence electrons. The lowest BCUT2D eigenvalue weighted by molar-refractivity contribution is -0.137. The van der Waals surface area contributed by atoms with Crippen LogP contribution in [0.5, 0.6) is 0 Å². The van der Waals surface area contributed by atoms with Crippen LogP contribution < -0.4 is 4.90 Å². The lowest BCUT2D eigenvalue weighted by atomic mass is 10.2. The number of halogens is 1. The molecule has 3 aromatic heterocycles. The lowest BCUT2D eigenvalue weighted by Crippen LogP contribution is -2.47. The van der Waals surface area contributed by atoms with Crippen molar-refractivity contribution in [3.8, 4) is 11.3 Å². The fourth-order valence-corrected chi connectivity index (χ4v) is 7.24. The number of thiazole rings is 1. The Morgan fingerprint density at radius 3 is 2.46 bits per heavy atom. The molecule has 2 saturated heterocycles. The first-order valence-corrected chi connectivity index (χ1v) is 15.4. The van der Waals surface area contributed by atoms with E-state index >= 15 is 0 Å². The number of anilines is 1. The third-order valence-corrected chi connectivity index (χ3v) is 9.75. The second-order valence-corrected chi connectivity index (χ2v) is 13.0. The SMILES string of the molecule is C[C@@H]1CC[C@@H](C)N1Cc1sc(CC(=O)c2cnc(N3CCN(CCC(=O)O)CC3)cn2)nc1-c1csc(Cl)c1. The number of aliphatic carboxylic acids is 1. The number of carbonyl (C=O) groups excluding carboxylic acids is 1. The molecule has 12 heteroatoms. The van der Waals surface area contributed by atoms with E-state index in [-0.39, 0.29) is 18.6 Å². The number of carboxylic acid groups (broad SMARTS) is 1. The van der Waals surface area contributed by atoms with Crippen LogP contribution in [0.25, 0.3) is 11.3 Å². The van der Waals surface area contributed by atoms with Crippen LogP contribution in [0.3, 0.4) is 0 Å². The summed E-state index contributed by atoms with van der Waals surface area (Å²) < 4.78 is 0.724. The molecule has 0 saturated carbocycles. The fraction of sp³-hybridized carbons (Fsp3) is 0.519. The number of thiophene rings is 1. The smallest absolute Gasteiger partial charge is 0.304 e. The van der Waals surface area contributed by atoms with E-state index in [0.717, 1.165) is 64.0 Å². The van der Waals surface area contributed by atoms with E-state index < -0.39 is 5.97 Å². The molecule has 0 bridgehead atoms. The van der Waals surface area contributed by atoms with Gasteiger partial charge in [-0.15, -0.1) is 22.7 Å². The Morgan fingerprint density at radius 1 is 1.10 bits per heavy atom. The summed E-state index contributed by atoms with van der Waals surface area (Å²) in [6.45, 7) is 8.95. The van der Waals surface area contributed by atoms with Gasteiger partial charge in [0.15, 0.2) is 5.78 Å². The summed E-state index contributed by atoms with van der Waals surface area (Å²) in [5.41, 5.74) is 2.25. The minimum absolute atomic E-state index is 0.106. The van der Waals surface area contributed by atoms with E-state index in [0.29, 0.717) is 24.3 Å². The quantitative estimate of drug-likeness (QED) is 0.337. The van der Waals surface area contributed by atoms with Gasteiger partial charge in [0.05, 0.1) is 35.3 Å². The van der Waals surface area contributed by atoms with Gasteiger partial charge in [-0.2, -0.15) is 0 Å². The van der Waals surface area contributed by atoms with Gasteiger partial charge in [0.1, 0.15) is 16.5 Å². The van der Waals surface area contributed by atoms with E-state index in [1.807, 2.05) is 11.4 Å². The largest absolute Gasteiger partial charge is 0.481 e. The summed E-state index contributed by atoms with van der Waals surface area (Å²) in [7, 11) is 0. The van der Waals surface area contributed by atoms with Crippen LogP contribution in [-0.4, -0.2) is 86.4 Å². The average Bonchev–Trinajstić information content (AvgIpc) is 3.62. The lowest BCUT2D eigenvalue weighted by Gasteiger charge is -2.34. The number of aromatic nitrogens is 3. The monoisotopic (exact) mass is 588 g/mol. The molecular weight excluding hydrogens is 556 g/mol. The number of rotatable bonds is 10. The predicted octanol–water partition coefficient (Wildman–Crippen LogP) is 4.71. The maximum absolute atomic E-state index is 13.1. The summed E-state index contributed by atoms with van der Waals surface area (Å²) in [4.78, 5) is 45.7. The third-order valence-electron chi connectivity index (χ3n) is 7.62. The molecule has 5 rings (SSSR count). The predicted molar refractivity (Wildman–Crippen MR) is 155 cm³/mol. The van der Waals surface area contributed by atoms with E-state index in [2.05, 4.69) is 38.5 Å². The highest BCUT2D eigenvalue weighted by Gasteiger charge is 2.29. The van der Waals surface area contributed by atoms with E-state index in [1.165, 1.54) is 24.2 Å². The number of hydrogen-bond donors (Lipinski definition) is 1. The molecule has 2 aliphatic rings. The van der Waals surface area contributed by atoms with Crippen LogP contribution in [0.1, 0.15) is 53.5 Å². The van der Waals surface area contributed by atoms with E-state index in [1.54, 1.807) is 23.7 Å². The van der Waals surface area contributed by atoms with Gasteiger partial charge in [-0.1, -0.05) is 11.6 Å². The van der Waals surface area contributed by atoms with E-state index in [9.17, 15) is 9.59 Å². The zero-order chi connectivity index (χ0) is 27.5. The Kier molecular flexibility index (Phi) is 8.92. The number of ketones is 1. The highest BCUT2D eigenvalue weighted by atomic mass is 35.5. The van der Waals surface area contributed by atoms with Crippen LogP contribution in [0.15, 0.2) is 23.8 Å². The van der Waals surface area contributed by atoms with Gasteiger partial charge < -0.3 is 10.0 Å². The van der Waals surface area contributed by atoms with Crippen LogP contribution >= 0.6 is 34.3 Å². The minimum Gasteiger partial charge on any atom is -0.481 e. The van der Waals surface area contributed by atoms with Gasteiger partial charge in [0.2, 0.25) is 0 Å². The Bertz CT molecular complexity index is 1300. The zero-order valence-electron chi connectivity index (χ0n) is 22.2. The van der Waals surface area contributed by atoms with Crippen molar-refractivity contribution in [3.05, 3.63) is 43.8 Å². The number of nitrogens with zero attached hydrogens (tertiary/aromatic N) is 6. The van der Waals surface area contributed by atoms with E-state index in [4.69, 9.17) is 21.7 Å². The molecule has 0 radical (unpaired) electrons. The fourth-order valence-electron chi connectivity index (χ4n) is 5.28. The maximum Gasteiger partial charge on any atom is 0.304 e. The van der Waals surface area contributed by atoms with Crippen molar-refractivity contribution in [2.24, 2.45) is 0 Å². The zero-order valence-corrected chi connectivity index (χ0v) is 24.6. The molecule has 0 amide bonds. The molecule has 0 spiro atoms. The van der Waals surface area contributed by atoms with Crippen LogP contribution in [0.4, 0.5) is 5.82 Å². The first-order chi connectivity index (χ1) is 18.8. The van der Waals surface area contributed by atoms with Crippen LogP contribution in [-0.2, 0) is 17.8 Å². The van der Waals surface area contributed by atoms with Crippen molar-refractivity contribution in [2.45, 2.75) is 58.2 Å². The molecule has 9 nitrogen and oxygen atoms in total. The highest BCUT2D eigenvalue weighted by Crippen LogP contribution is 2.36. The summed E-state index contributed by atoms with van der Waals surface area (Å²) in [5, 5.41) is 11.7. The van der Waals surface area contributed by atoms with Gasteiger partial charge in [-0.25, -0.2) is 15.0 Å². The normalized spacial score (nSPS) is 20.5. The molecule has 0 aliphatic carbocycles. The second kappa shape index (κ2) is 12.4. The maximum atomic E-state index is 13.1. The third kappa shape index (κ3) is 6.83. The highest BCUT2D eigenvalue weighted by molar-refractivity contribution is 7.15. The number of hydrogen-bond acceptors (Lipinski definition) is 10. The number of Topliss-reactive ketones (excluding diaryl/α,β-unsaturated/α-hetero) is 1. The standard InChI is InChI=1S/C27H33ClN6O3S2/c1-17-3-4-18(2)34(17)15-22-27(19-11-23(28)38-16-19)31-25(39-22)12-21(35)20-13-30-24(14-29-20)33-9-7-32(8-10-33)6-5-26(36)37/h11,13-14,16-18H,3-10,12,15H2,1-2H3,(H,36,37)/t17-,18-/m1/s1. The molecule has 1 N–H and O–H groups in total. The Hall–Kier alpha value is -2.44. The molecule has 0 unspecified atom stereocenters. The molecular formula is C27H33ClN6O3S2. The molecule has 2 fully saturated rings. The van der Waals surface area contributed by atoms with Gasteiger partial charge >= 0.3 is 5.97 Å². The van der Waals surface area contributed by atoms with Gasteiger partial charge in [-0.3, -0.25) is 19.4 Å². The summed E-state index contributed by atoms with van der Waals surface area (Å²) in [6, 6.07) is 2.99. The van der Waals surface area contributed by atoms with Crippen molar-refractivity contribution < 1.29 is 14.7 Å². The van der Waals surface area contributed by atoms with Crippen molar-refractivity contribution in [2.75, 3.05) is 37.6 Å². The number of piperazine rings is 1. The van der Waals surface area contributed by atoms with Crippen molar-refractivity contribution in [1.82, 2.24) is 24.8 Å². The summed E-state index contributed by atoms with van der Waals surface area (Å²) in [6.07, 6.45) is 5.92. The van der Waals surface area contributed by atoms with Crippen LogP contribution in [0.2, 0.25) is 4.34 Å². The first-order valence-electron chi connectivity index (χ1n) is 13.3. The Balaban J connectivity index is 1.25. The summed E-state index contributed by atoms with van der Waals surface area (Å²) >= 11 is 9.33. The molecule has 0 aromatic carbocycles. The number of carbonyl (C=O) groups is 2. The number of likely N-dealkylation sites (tertiary alicyclic amines) is 1. The van der Waals surface area contributed by atoms with Crippen molar-refractivity contribution in [3.63, 3.8) is 0 Å². The van der Waals surface area contributed by atoms with Gasteiger partial charge in [0.25, 0.3) is 0 Å². The Labute approximate surface area is 241 Å². The molecule has 2 aliphatic heterocycles. The Morgan fingerprint density at radius 2 is 1.85 bits per heavy atom. The van der Waals surface area contributed by atoms with Crippen molar-refractivity contribution in [1.29, 1.82) is 0 Å². The number of carboxylic acids is 1. The van der Waals surface area contributed by atoms with Gasteiger partial charge in [-0.05, 0) is 32.8 Å².